The molecule has 1 unspecified atom stereocenters. The molecule has 0 aliphatic rings. The van der Waals surface area contributed by atoms with Crippen LogP contribution in [0.2, 0.25) is 0 Å². The Kier molecular flexibility index (Phi) is 5.44. The molecule has 0 aliphatic heterocycles. The highest BCUT2D eigenvalue weighted by Crippen LogP contribution is 2.24. The van der Waals surface area contributed by atoms with Gasteiger partial charge >= 0.3 is 0 Å². The molecule has 0 saturated carbocycles. The summed E-state index contributed by atoms with van der Waals surface area (Å²) in [7, 11) is 0. The minimum absolute atomic E-state index is 0.0403. The Morgan fingerprint density at radius 2 is 1.73 bits per heavy atom. The summed E-state index contributed by atoms with van der Waals surface area (Å²) in [5.74, 6) is -0.321. The molecule has 0 fully saturated rings. The molecular formula is C25H24N4O. The van der Waals surface area contributed by atoms with Crippen LogP contribution in [-0.2, 0) is 4.79 Å². The number of aryl methyl sites for hydroxylation is 2. The van der Waals surface area contributed by atoms with E-state index in [1.54, 1.807) is 12.5 Å². The highest BCUT2D eigenvalue weighted by atomic mass is 16.1. The number of aromatic nitrogens is 3. The van der Waals surface area contributed by atoms with Crippen LogP contribution in [0.15, 0.2) is 79.4 Å². The number of carbonyl (C=O) groups excluding carboxylic acids is 1. The zero-order valence-electron chi connectivity index (χ0n) is 17.3. The average molecular weight is 396 g/mol. The molecule has 2 heterocycles. The molecular weight excluding hydrogens is 372 g/mol. The smallest absolute Gasteiger partial charge is 0.231 e. The van der Waals surface area contributed by atoms with Crippen LogP contribution in [0.4, 0.5) is 5.69 Å². The molecule has 0 radical (unpaired) electrons. The van der Waals surface area contributed by atoms with Crippen molar-refractivity contribution in [3.05, 3.63) is 96.3 Å². The van der Waals surface area contributed by atoms with Crippen molar-refractivity contribution < 1.29 is 4.79 Å². The van der Waals surface area contributed by atoms with Gasteiger partial charge in [-0.2, -0.15) is 0 Å². The monoisotopic (exact) mass is 396 g/mol. The van der Waals surface area contributed by atoms with E-state index in [1.807, 2.05) is 92.2 Å². The second kappa shape index (κ2) is 8.33. The van der Waals surface area contributed by atoms with E-state index in [4.69, 9.17) is 0 Å². The summed E-state index contributed by atoms with van der Waals surface area (Å²) in [5, 5.41) is 3.02. The van der Waals surface area contributed by atoms with Gasteiger partial charge in [0.2, 0.25) is 5.91 Å². The normalized spacial score (nSPS) is 11.8. The van der Waals surface area contributed by atoms with Crippen molar-refractivity contribution in [3.8, 4) is 16.8 Å². The first-order valence-corrected chi connectivity index (χ1v) is 9.94. The predicted octanol–water partition coefficient (Wildman–Crippen LogP) is 5.29. The van der Waals surface area contributed by atoms with Crippen LogP contribution in [0, 0.1) is 13.8 Å². The molecule has 0 saturated heterocycles. The van der Waals surface area contributed by atoms with Crippen molar-refractivity contribution in [2.45, 2.75) is 26.7 Å². The maximum Gasteiger partial charge on any atom is 0.231 e. The molecule has 30 heavy (non-hydrogen) atoms. The largest absolute Gasteiger partial charge is 0.326 e. The zero-order valence-corrected chi connectivity index (χ0v) is 17.3. The first-order chi connectivity index (χ1) is 14.5. The Labute approximate surface area is 176 Å². The lowest BCUT2D eigenvalue weighted by Gasteiger charge is -2.14. The Balaban J connectivity index is 1.47. The number of imidazole rings is 1. The van der Waals surface area contributed by atoms with E-state index in [0.717, 1.165) is 39.5 Å². The van der Waals surface area contributed by atoms with Crippen molar-refractivity contribution in [3.63, 3.8) is 0 Å². The summed E-state index contributed by atoms with van der Waals surface area (Å²) in [4.78, 5) is 21.3. The van der Waals surface area contributed by atoms with Crippen molar-refractivity contribution >= 4 is 11.6 Å². The molecule has 4 aromatic rings. The molecule has 0 bridgehead atoms. The molecule has 1 N–H and O–H groups in total. The van der Waals surface area contributed by atoms with Crippen LogP contribution >= 0.6 is 0 Å². The fraction of sp³-hybridized carbons (Fsp3) is 0.160. The van der Waals surface area contributed by atoms with Gasteiger partial charge in [0, 0.05) is 29.5 Å². The topological polar surface area (TPSA) is 59.8 Å². The number of nitrogens with zero attached hydrogens (tertiary/aromatic N) is 3. The van der Waals surface area contributed by atoms with Gasteiger partial charge in [0.15, 0.2) is 0 Å². The van der Waals surface area contributed by atoms with Crippen LogP contribution in [0.3, 0.4) is 0 Å². The van der Waals surface area contributed by atoms with Crippen molar-refractivity contribution in [2.24, 2.45) is 0 Å². The van der Waals surface area contributed by atoms with Crippen LogP contribution < -0.4 is 5.32 Å². The van der Waals surface area contributed by atoms with Crippen LogP contribution in [-0.4, -0.2) is 20.4 Å². The second-order valence-electron chi connectivity index (χ2n) is 7.49. The number of benzene rings is 2. The third-order valence-electron chi connectivity index (χ3n) is 5.16. The van der Waals surface area contributed by atoms with Crippen molar-refractivity contribution in [1.82, 2.24) is 14.5 Å². The van der Waals surface area contributed by atoms with E-state index in [9.17, 15) is 4.79 Å². The molecule has 1 amide bonds. The van der Waals surface area contributed by atoms with E-state index in [1.165, 1.54) is 0 Å². The third-order valence-corrected chi connectivity index (χ3v) is 5.16. The molecule has 5 nitrogen and oxygen atoms in total. The lowest BCUT2D eigenvalue weighted by Crippen LogP contribution is -2.19. The molecule has 150 valence electrons. The molecule has 0 aliphatic carbocycles. The van der Waals surface area contributed by atoms with Crippen LogP contribution in [0.1, 0.15) is 29.8 Å². The SMILES string of the molecule is Cc1cc(-c2ccc(NC(=O)C(C)c3cccc(-n4cnc(C)c4)c3)cc2)ccn1. The summed E-state index contributed by atoms with van der Waals surface area (Å²) >= 11 is 0. The second-order valence-corrected chi connectivity index (χ2v) is 7.49. The highest BCUT2D eigenvalue weighted by Gasteiger charge is 2.16. The average Bonchev–Trinajstić information content (AvgIpc) is 3.20. The maximum absolute atomic E-state index is 12.8. The third kappa shape index (κ3) is 4.30. The van der Waals surface area contributed by atoms with Crippen LogP contribution in [0.25, 0.3) is 16.8 Å². The van der Waals surface area contributed by atoms with E-state index in [0.29, 0.717) is 0 Å². The van der Waals surface area contributed by atoms with Crippen molar-refractivity contribution in [1.29, 1.82) is 0 Å². The van der Waals surface area contributed by atoms with Crippen molar-refractivity contribution in [2.75, 3.05) is 5.32 Å². The number of hydrogen-bond acceptors (Lipinski definition) is 3. The number of hydrogen-bond donors (Lipinski definition) is 1. The van der Waals surface area contributed by atoms with E-state index >= 15 is 0 Å². The maximum atomic E-state index is 12.8. The number of pyridine rings is 1. The predicted molar refractivity (Wildman–Crippen MR) is 120 cm³/mol. The van der Waals surface area contributed by atoms with Gasteiger partial charge in [0.1, 0.15) is 0 Å². The van der Waals surface area contributed by atoms with Gasteiger partial charge < -0.3 is 9.88 Å². The fourth-order valence-corrected chi connectivity index (χ4v) is 3.39. The van der Waals surface area contributed by atoms with Gasteiger partial charge in [0.05, 0.1) is 17.9 Å². The minimum atomic E-state index is -0.280. The first-order valence-electron chi connectivity index (χ1n) is 9.94. The number of rotatable bonds is 5. The summed E-state index contributed by atoms with van der Waals surface area (Å²) in [6, 6.07) is 19.9. The lowest BCUT2D eigenvalue weighted by molar-refractivity contribution is -0.117. The fourth-order valence-electron chi connectivity index (χ4n) is 3.39. The van der Waals surface area contributed by atoms with Gasteiger partial charge in [-0.05, 0) is 73.9 Å². The number of anilines is 1. The molecule has 2 aromatic carbocycles. The standard InChI is InChI=1S/C25H24N4O/c1-17-13-22(11-12-26-17)20-7-9-23(10-8-20)28-25(30)19(3)21-5-4-6-24(14-21)29-15-18(2)27-16-29/h4-16,19H,1-3H3,(H,28,30). The number of nitrogens with one attached hydrogen (secondary N) is 1. The summed E-state index contributed by atoms with van der Waals surface area (Å²) in [6.07, 6.45) is 5.56. The summed E-state index contributed by atoms with van der Waals surface area (Å²) in [5.41, 5.74) is 6.87. The molecule has 1 atom stereocenters. The van der Waals surface area contributed by atoms with E-state index in [-0.39, 0.29) is 11.8 Å². The van der Waals surface area contributed by atoms with Gasteiger partial charge in [-0.3, -0.25) is 9.78 Å². The molecule has 2 aromatic heterocycles. The highest BCUT2D eigenvalue weighted by molar-refractivity contribution is 5.95. The molecule has 4 rings (SSSR count). The molecule has 0 spiro atoms. The number of amides is 1. The van der Waals surface area contributed by atoms with Crippen LogP contribution in [0.5, 0.6) is 0 Å². The van der Waals surface area contributed by atoms with Gasteiger partial charge in [-0.1, -0.05) is 24.3 Å². The van der Waals surface area contributed by atoms with Gasteiger partial charge in [-0.25, -0.2) is 4.98 Å². The molecule has 5 heteroatoms. The Bertz CT molecular complexity index is 1180. The van der Waals surface area contributed by atoms with Gasteiger partial charge in [0.25, 0.3) is 0 Å². The Hall–Kier alpha value is -3.73. The summed E-state index contributed by atoms with van der Waals surface area (Å²) < 4.78 is 1.96. The Morgan fingerprint density at radius 3 is 2.43 bits per heavy atom. The van der Waals surface area contributed by atoms with E-state index < -0.39 is 0 Å². The Morgan fingerprint density at radius 1 is 0.933 bits per heavy atom. The van der Waals surface area contributed by atoms with E-state index in [2.05, 4.69) is 15.3 Å². The first kappa shape index (κ1) is 19.6. The quantitative estimate of drug-likeness (QED) is 0.498. The van der Waals surface area contributed by atoms with Gasteiger partial charge in [-0.15, -0.1) is 0 Å². The zero-order chi connectivity index (χ0) is 21.1. The minimum Gasteiger partial charge on any atom is -0.326 e. The number of carbonyl (C=O) groups is 1. The lowest BCUT2D eigenvalue weighted by atomic mass is 9.99. The summed E-state index contributed by atoms with van der Waals surface area (Å²) in [6.45, 7) is 5.85.